The topological polar surface area (TPSA) is 177 Å². The Bertz CT molecular complexity index is 1300. The van der Waals surface area contributed by atoms with Gasteiger partial charge in [0.1, 0.15) is 30.2 Å². The summed E-state index contributed by atoms with van der Waals surface area (Å²) in [6.07, 6.45) is -1.54. The molecule has 0 saturated heterocycles. The molecule has 4 N–H and O–H groups in total. The number of aliphatic carboxylic acids is 1. The van der Waals surface area contributed by atoms with Crippen molar-refractivity contribution in [3.8, 4) is 0 Å². The Hall–Kier alpha value is -4.74. The first kappa shape index (κ1) is 28.8. The van der Waals surface area contributed by atoms with Gasteiger partial charge >= 0.3 is 12.1 Å². The van der Waals surface area contributed by atoms with Gasteiger partial charge in [-0.2, -0.15) is 0 Å². The molecule has 3 aromatic rings. The van der Waals surface area contributed by atoms with E-state index in [2.05, 4.69) is 20.9 Å². The van der Waals surface area contributed by atoms with Gasteiger partial charge in [-0.3, -0.25) is 19.2 Å². The molecule has 0 aliphatic carbocycles. The fourth-order valence-corrected chi connectivity index (χ4v) is 3.60. The van der Waals surface area contributed by atoms with Gasteiger partial charge < -0.3 is 30.2 Å². The minimum atomic E-state index is -1.49. The highest BCUT2D eigenvalue weighted by Crippen LogP contribution is 2.17. The van der Waals surface area contributed by atoms with Crippen molar-refractivity contribution in [2.75, 3.05) is 0 Å². The van der Waals surface area contributed by atoms with E-state index in [0.29, 0.717) is 11.1 Å². The Balaban J connectivity index is 1.61. The second-order valence-corrected chi connectivity index (χ2v) is 9.17. The Morgan fingerprint density at radius 2 is 1.56 bits per heavy atom. The maximum Gasteiger partial charge on any atom is 0.408 e. The van der Waals surface area contributed by atoms with Crippen LogP contribution in [0.2, 0.25) is 0 Å². The molecule has 1 heterocycles. The molecule has 0 saturated carbocycles. The quantitative estimate of drug-likeness (QED) is 0.252. The van der Waals surface area contributed by atoms with Crippen molar-refractivity contribution < 1.29 is 38.2 Å². The first-order valence-corrected chi connectivity index (χ1v) is 12.2. The number of nitrogens with one attached hydrogen (secondary N) is 3. The van der Waals surface area contributed by atoms with Crippen molar-refractivity contribution in [3.63, 3.8) is 0 Å². The minimum absolute atomic E-state index is 0.0109. The maximum absolute atomic E-state index is 12.9. The summed E-state index contributed by atoms with van der Waals surface area (Å²) < 4.78 is 10.6. The van der Waals surface area contributed by atoms with Crippen molar-refractivity contribution in [1.29, 1.82) is 0 Å². The number of alkyl carbamates (subject to hydrolysis) is 1. The Morgan fingerprint density at radius 1 is 0.897 bits per heavy atom. The molecule has 0 radical (unpaired) electrons. The van der Waals surface area contributed by atoms with E-state index in [4.69, 9.17) is 9.15 Å². The second kappa shape index (κ2) is 13.2. The highest BCUT2D eigenvalue weighted by Gasteiger charge is 2.32. The first-order valence-electron chi connectivity index (χ1n) is 12.2. The lowest BCUT2D eigenvalue weighted by Crippen LogP contribution is -2.56. The molecule has 0 bridgehead atoms. The van der Waals surface area contributed by atoms with Crippen molar-refractivity contribution in [1.82, 2.24) is 20.9 Å². The lowest BCUT2D eigenvalue weighted by atomic mass is 10.0. The van der Waals surface area contributed by atoms with Crippen LogP contribution in [0.4, 0.5) is 4.79 Å². The molecule has 1 aromatic heterocycles. The highest BCUT2D eigenvalue weighted by atomic mass is 16.5. The molecular weight excluding hydrogens is 508 g/mol. The van der Waals surface area contributed by atoms with Gasteiger partial charge in [0.25, 0.3) is 5.89 Å². The van der Waals surface area contributed by atoms with Gasteiger partial charge in [-0.25, -0.2) is 9.78 Å². The van der Waals surface area contributed by atoms with Crippen LogP contribution in [0.15, 0.2) is 59.0 Å². The number of amides is 3. The normalized spacial score (nSPS) is 13.2. The molecule has 12 nitrogen and oxygen atoms in total. The third-order valence-corrected chi connectivity index (χ3v) is 5.70. The molecule has 2 aromatic carbocycles. The van der Waals surface area contributed by atoms with E-state index in [9.17, 15) is 29.1 Å². The zero-order valence-corrected chi connectivity index (χ0v) is 21.7. The summed E-state index contributed by atoms with van der Waals surface area (Å²) >= 11 is 0. The number of carbonyl (C=O) groups is 5. The number of Topliss-reactive ketones (excluding diaryl/α,β-unsaturated/α-hetero) is 1. The van der Waals surface area contributed by atoms with Crippen LogP contribution in [0.1, 0.15) is 43.4 Å². The van der Waals surface area contributed by atoms with E-state index in [1.807, 2.05) is 6.07 Å². The molecule has 39 heavy (non-hydrogen) atoms. The fourth-order valence-electron chi connectivity index (χ4n) is 3.60. The average Bonchev–Trinajstić information content (AvgIpc) is 3.34. The van der Waals surface area contributed by atoms with Crippen molar-refractivity contribution >= 4 is 40.8 Å². The number of benzene rings is 2. The summed E-state index contributed by atoms with van der Waals surface area (Å²) in [7, 11) is 0. The third kappa shape index (κ3) is 8.12. The van der Waals surface area contributed by atoms with Crippen LogP contribution in [0.3, 0.4) is 0 Å². The van der Waals surface area contributed by atoms with Crippen LogP contribution in [0, 0.1) is 5.92 Å². The number of oxazole rings is 1. The Morgan fingerprint density at radius 3 is 2.21 bits per heavy atom. The van der Waals surface area contributed by atoms with Gasteiger partial charge in [-0.1, -0.05) is 56.3 Å². The molecule has 1 unspecified atom stereocenters. The third-order valence-electron chi connectivity index (χ3n) is 5.70. The Kier molecular flexibility index (Phi) is 9.74. The lowest BCUT2D eigenvalue weighted by Gasteiger charge is -2.24. The van der Waals surface area contributed by atoms with Gasteiger partial charge in [0, 0.05) is 0 Å². The zero-order chi connectivity index (χ0) is 28.5. The standard InChI is InChI=1S/C27H30N4O8/c1-15(2)22(31-27(37)38-14-17-9-5-4-6-10-17)25(36)28-16(3)24(35)29-19(13-21(32)33)23(34)26-30-18-11-7-8-12-20(18)39-26/h4-12,15-16,19,22H,13-14H2,1-3H3,(H,28,36)(H,29,35)(H,31,37)(H,32,33)/t16-,19-,22?/m0/s1. The lowest BCUT2D eigenvalue weighted by molar-refractivity contribution is -0.137. The SMILES string of the molecule is CC(C)C(NC(=O)OCc1ccccc1)C(=O)N[C@@H](C)C(=O)N[C@@H](CC(=O)O)C(=O)c1nc2ccccc2o1. The van der Waals surface area contributed by atoms with Crippen LogP contribution < -0.4 is 16.0 Å². The monoisotopic (exact) mass is 538 g/mol. The fraction of sp³-hybridized carbons (Fsp3) is 0.333. The molecule has 206 valence electrons. The molecule has 0 aliphatic heterocycles. The minimum Gasteiger partial charge on any atom is -0.481 e. The maximum atomic E-state index is 12.9. The molecule has 0 aliphatic rings. The van der Waals surface area contributed by atoms with E-state index >= 15 is 0 Å². The van der Waals surface area contributed by atoms with Crippen LogP contribution >= 0.6 is 0 Å². The highest BCUT2D eigenvalue weighted by molar-refractivity contribution is 6.02. The van der Waals surface area contributed by atoms with Gasteiger partial charge in [0.05, 0.1) is 6.42 Å². The summed E-state index contributed by atoms with van der Waals surface area (Å²) in [6, 6.07) is 11.9. The number of nitrogens with zero attached hydrogens (tertiary/aromatic N) is 1. The van der Waals surface area contributed by atoms with Crippen LogP contribution in [-0.2, 0) is 25.7 Å². The van der Waals surface area contributed by atoms with Crippen molar-refractivity contribution in [2.24, 2.45) is 5.92 Å². The molecule has 3 atom stereocenters. The van der Waals surface area contributed by atoms with Crippen LogP contribution in [0.25, 0.3) is 11.1 Å². The molecule has 12 heteroatoms. The number of carboxylic acids is 1. The molecule has 3 amide bonds. The van der Waals surface area contributed by atoms with Crippen molar-refractivity contribution in [2.45, 2.75) is 51.9 Å². The smallest absolute Gasteiger partial charge is 0.408 e. The summed E-state index contributed by atoms with van der Waals surface area (Å²) in [4.78, 5) is 66.4. The predicted octanol–water partition coefficient (Wildman–Crippen LogP) is 2.43. The number of ether oxygens (including phenoxy) is 1. The molecular formula is C27H30N4O8. The van der Waals surface area contributed by atoms with E-state index in [1.54, 1.807) is 62.4 Å². The number of ketones is 1. The number of aromatic nitrogens is 1. The number of fused-ring (bicyclic) bond motifs is 1. The molecule has 0 spiro atoms. The first-order chi connectivity index (χ1) is 18.5. The van der Waals surface area contributed by atoms with Gasteiger partial charge in [-0.05, 0) is 30.5 Å². The zero-order valence-electron chi connectivity index (χ0n) is 21.7. The number of carbonyl (C=O) groups excluding carboxylic acids is 4. The second-order valence-electron chi connectivity index (χ2n) is 9.17. The number of carboxylic acid groups (broad SMARTS) is 1. The van der Waals surface area contributed by atoms with Crippen LogP contribution in [-0.4, -0.2) is 57.9 Å². The summed E-state index contributed by atoms with van der Waals surface area (Å²) in [5.41, 5.74) is 1.50. The van der Waals surface area contributed by atoms with E-state index in [1.165, 1.54) is 6.92 Å². The summed E-state index contributed by atoms with van der Waals surface area (Å²) in [6.45, 7) is 4.78. The largest absolute Gasteiger partial charge is 0.481 e. The van der Waals surface area contributed by atoms with Gasteiger partial charge in [0.15, 0.2) is 5.58 Å². The van der Waals surface area contributed by atoms with E-state index < -0.39 is 54.2 Å². The number of rotatable bonds is 12. The molecule has 3 rings (SSSR count). The van der Waals surface area contributed by atoms with Crippen molar-refractivity contribution in [3.05, 3.63) is 66.1 Å². The number of hydrogen-bond donors (Lipinski definition) is 4. The molecule has 0 fully saturated rings. The predicted molar refractivity (Wildman–Crippen MR) is 139 cm³/mol. The van der Waals surface area contributed by atoms with E-state index in [0.717, 1.165) is 5.56 Å². The number of hydrogen-bond acceptors (Lipinski definition) is 8. The van der Waals surface area contributed by atoms with Crippen LogP contribution in [0.5, 0.6) is 0 Å². The number of para-hydroxylation sites is 2. The van der Waals surface area contributed by atoms with Gasteiger partial charge in [-0.15, -0.1) is 0 Å². The summed E-state index contributed by atoms with van der Waals surface area (Å²) in [5, 5.41) is 16.6. The average molecular weight is 539 g/mol. The Labute approximate surface area is 224 Å². The summed E-state index contributed by atoms with van der Waals surface area (Å²) in [5.74, 6) is -4.34. The van der Waals surface area contributed by atoms with Gasteiger partial charge in [0.2, 0.25) is 17.6 Å². The van der Waals surface area contributed by atoms with E-state index in [-0.39, 0.29) is 18.4 Å².